The van der Waals surface area contributed by atoms with E-state index in [1.807, 2.05) is 0 Å². The molecule has 1 unspecified atom stereocenters. The molecule has 0 saturated heterocycles. The highest BCUT2D eigenvalue weighted by Crippen LogP contribution is 2.39. The molecule has 0 amide bonds. The van der Waals surface area contributed by atoms with Crippen LogP contribution in [0.4, 0.5) is 11.4 Å². The Bertz CT molecular complexity index is 423. The summed E-state index contributed by atoms with van der Waals surface area (Å²) in [6.07, 6.45) is 2.42. The number of nitrogens with zero attached hydrogens (tertiary/aromatic N) is 1. The molecule has 0 bridgehead atoms. The standard InChI is InChI=1S/C12H15N3/c1-8-9-4-3-7-13-10-5-2-6-11(12(9)10)15-14-8/h2,5-6,9,13,15H,3-4,7H2,1H3. The average molecular weight is 201 g/mol. The highest BCUT2D eigenvalue weighted by atomic mass is 15.3. The van der Waals surface area contributed by atoms with Gasteiger partial charge in [-0.15, -0.1) is 0 Å². The van der Waals surface area contributed by atoms with Gasteiger partial charge in [0.25, 0.3) is 0 Å². The number of anilines is 2. The molecule has 2 N–H and O–H groups in total. The van der Waals surface area contributed by atoms with Crippen molar-refractivity contribution in [2.75, 3.05) is 17.3 Å². The lowest BCUT2D eigenvalue weighted by atomic mass is 9.88. The van der Waals surface area contributed by atoms with Gasteiger partial charge in [0, 0.05) is 29.4 Å². The van der Waals surface area contributed by atoms with Gasteiger partial charge in [-0.25, -0.2) is 0 Å². The van der Waals surface area contributed by atoms with Gasteiger partial charge in [-0.3, -0.25) is 5.43 Å². The molecule has 0 radical (unpaired) electrons. The van der Waals surface area contributed by atoms with E-state index in [-0.39, 0.29) is 0 Å². The van der Waals surface area contributed by atoms with Crippen LogP contribution in [-0.4, -0.2) is 12.3 Å². The minimum atomic E-state index is 0.507. The van der Waals surface area contributed by atoms with Crippen molar-refractivity contribution >= 4 is 17.1 Å². The Morgan fingerprint density at radius 1 is 1.33 bits per heavy atom. The normalized spacial score (nSPS) is 23.0. The summed E-state index contributed by atoms with van der Waals surface area (Å²) >= 11 is 0. The molecule has 3 heteroatoms. The first-order valence-electron chi connectivity index (χ1n) is 5.53. The third-order valence-electron chi connectivity index (χ3n) is 3.30. The van der Waals surface area contributed by atoms with Crippen LogP contribution in [0.5, 0.6) is 0 Å². The SMILES string of the molecule is CC1=NNc2cccc3c2C1CCCN3. The maximum absolute atomic E-state index is 4.38. The Morgan fingerprint density at radius 3 is 3.13 bits per heavy atom. The predicted octanol–water partition coefficient (Wildman–Crippen LogP) is 2.78. The second-order valence-electron chi connectivity index (χ2n) is 4.25. The number of nitrogens with one attached hydrogen (secondary N) is 2. The summed E-state index contributed by atoms with van der Waals surface area (Å²) in [5.41, 5.74) is 8.18. The van der Waals surface area contributed by atoms with Crippen LogP contribution in [0.25, 0.3) is 0 Å². The summed E-state index contributed by atoms with van der Waals surface area (Å²) in [6.45, 7) is 3.18. The molecule has 2 aliphatic heterocycles. The molecule has 2 heterocycles. The Morgan fingerprint density at radius 2 is 2.20 bits per heavy atom. The molecule has 0 fully saturated rings. The number of hydrogen-bond donors (Lipinski definition) is 2. The first-order chi connectivity index (χ1) is 7.36. The average Bonchev–Trinajstić information content (AvgIpc) is 2.48. The van der Waals surface area contributed by atoms with Gasteiger partial charge in [0.2, 0.25) is 0 Å². The van der Waals surface area contributed by atoms with E-state index in [0.29, 0.717) is 5.92 Å². The van der Waals surface area contributed by atoms with Crippen LogP contribution in [0.15, 0.2) is 23.3 Å². The molecule has 1 aromatic rings. The molecule has 3 nitrogen and oxygen atoms in total. The van der Waals surface area contributed by atoms with E-state index in [1.165, 1.54) is 29.8 Å². The second kappa shape index (κ2) is 3.26. The molecule has 3 rings (SSSR count). The van der Waals surface area contributed by atoms with Gasteiger partial charge in [-0.2, -0.15) is 5.10 Å². The van der Waals surface area contributed by atoms with Crippen molar-refractivity contribution in [2.45, 2.75) is 25.7 Å². The van der Waals surface area contributed by atoms with Crippen molar-refractivity contribution in [3.8, 4) is 0 Å². The molecule has 0 aliphatic carbocycles. The van der Waals surface area contributed by atoms with Gasteiger partial charge < -0.3 is 5.32 Å². The van der Waals surface area contributed by atoms with Crippen molar-refractivity contribution in [3.05, 3.63) is 23.8 Å². The topological polar surface area (TPSA) is 36.4 Å². The zero-order valence-corrected chi connectivity index (χ0v) is 8.88. The fraction of sp³-hybridized carbons (Fsp3) is 0.417. The number of hydrazone groups is 1. The van der Waals surface area contributed by atoms with Crippen molar-refractivity contribution < 1.29 is 0 Å². The van der Waals surface area contributed by atoms with Crippen LogP contribution < -0.4 is 10.7 Å². The lowest BCUT2D eigenvalue weighted by Crippen LogP contribution is -2.17. The lowest BCUT2D eigenvalue weighted by Gasteiger charge is -2.25. The molecule has 2 aliphatic rings. The molecular formula is C12H15N3. The fourth-order valence-electron chi connectivity index (χ4n) is 2.51. The highest BCUT2D eigenvalue weighted by molar-refractivity contribution is 5.95. The predicted molar refractivity (Wildman–Crippen MR) is 63.6 cm³/mol. The summed E-state index contributed by atoms with van der Waals surface area (Å²) in [4.78, 5) is 0. The summed E-state index contributed by atoms with van der Waals surface area (Å²) < 4.78 is 0. The van der Waals surface area contributed by atoms with Gasteiger partial charge in [0.05, 0.1) is 5.69 Å². The molecule has 0 saturated carbocycles. The number of hydrogen-bond acceptors (Lipinski definition) is 3. The third kappa shape index (κ3) is 1.30. The van der Waals surface area contributed by atoms with Gasteiger partial charge in [-0.1, -0.05) is 6.07 Å². The van der Waals surface area contributed by atoms with E-state index in [2.05, 4.69) is 41.0 Å². The Balaban J connectivity index is 2.18. The molecule has 1 atom stereocenters. The summed E-state index contributed by atoms with van der Waals surface area (Å²) in [5.74, 6) is 0.507. The smallest absolute Gasteiger partial charge is 0.0621 e. The van der Waals surface area contributed by atoms with Crippen LogP contribution in [0.2, 0.25) is 0 Å². The van der Waals surface area contributed by atoms with E-state index < -0.39 is 0 Å². The lowest BCUT2D eigenvalue weighted by molar-refractivity contribution is 0.734. The monoisotopic (exact) mass is 201 g/mol. The molecule has 15 heavy (non-hydrogen) atoms. The molecule has 0 aromatic heterocycles. The largest absolute Gasteiger partial charge is 0.385 e. The van der Waals surface area contributed by atoms with Crippen LogP contribution in [0.3, 0.4) is 0 Å². The maximum Gasteiger partial charge on any atom is 0.0621 e. The first kappa shape index (κ1) is 8.77. The van der Waals surface area contributed by atoms with Gasteiger partial charge >= 0.3 is 0 Å². The maximum atomic E-state index is 4.38. The summed E-state index contributed by atoms with van der Waals surface area (Å²) in [7, 11) is 0. The first-order valence-corrected chi connectivity index (χ1v) is 5.53. The Kier molecular flexibility index (Phi) is 1.91. The van der Waals surface area contributed by atoms with Crippen molar-refractivity contribution in [1.29, 1.82) is 0 Å². The zero-order valence-electron chi connectivity index (χ0n) is 8.88. The minimum Gasteiger partial charge on any atom is -0.385 e. The summed E-state index contributed by atoms with van der Waals surface area (Å²) in [6, 6.07) is 6.35. The van der Waals surface area contributed by atoms with Gasteiger partial charge in [-0.05, 0) is 31.9 Å². The van der Waals surface area contributed by atoms with Gasteiger partial charge in [0.1, 0.15) is 0 Å². The van der Waals surface area contributed by atoms with Crippen LogP contribution in [0, 0.1) is 0 Å². The Labute approximate surface area is 89.6 Å². The van der Waals surface area contributed by atoms with Crippen LogP contribution >= 0.6 is 0 Å². The quantitative estimate of drug-likeness (QED) is 0.677. The van der Waals surface area contributed by atoms with Crippen molar-refractivity contribution in [1.82, 2.24) is 0 Å². The van der Waals surface area contributed by atoms with Crippen LogP contribution in [0.1, 0.15) is 31.2 Å². The van der Waals surface area contributed by atoms with E-state index in [9.17, 15) is 0 Å². The number of rotatable bonds is 0. The van der Waals surface area contributed by atoms with Crippen molar-refractivity contribution in [2.24, 2.45) is 5.10 Å². The van der Waals surface area contributed by atoms with Crippen molar-refractivity contribution in [3.63, 3.8) is 0 Å². The zero-order chi connectivity index (χ0) is 10.3. The molecule has 1 aromatic carbocycles. The van der Waals surface area contributed by atoms with E-state index in [4.69, 9.17) is 0 Å². The second-order valence-corrected chi connectivity index (χ2v) is 4.25. The molecular weight excluding hydrogens is 186 g/mol. The van der Waals surface area contributed by atoms with Crippen LogP contribution in [-0.2, 0) is 0 Å². The third-order valence-corrected chi connectivity index (χ3v) is 3.30. The van der Waals surface area contributed by atoms with Gasteiger partial charge in [0.15, 0.2) is 0 Å². The highest BCUT2D eigenvalue weighted by Gasteiger charge is 2.26. The van der Waals surface area contributed by atoms with E-state index >= 15 is 0 Å². The Hall–Kier alpha value is -1.51. The van der Waals surface area contributed by atoms with E-state index in [0.717, 1.165) is 12.2 Å². The fourth-order valence-corrected chi connectivity index (χ4v) is 2.51. The minimum absolute atomic E-state index is 0.507. The summed E-state index contributed by atoms with van der Waals surface area (Å²) in [5, 5.41) is 7.87. The molecule has 78 valence electrons. The van der Waals surface area contributed by atoms with E-state index in [1.54, 1.807) is 0 Å². The molecule has 0 spiro atoms. The number of benzene rings is 1.